The molecule has 1 N–H and O–H groups in total. The fourth-order valence-corrected chi connectivity index (χ4v) is 3.35. The molecule has 31 heavy (non-hydrogen) atoms. The Balaban J connectivity index is 1.33. The summed E-state index contributed by atoms with van der Waals surface area (Å²) in [5, 5.41) is 12.1. The highest BCUT2D eigenvalue weighted by molar-refractivity contribution is 6.30. The number of ether oxygens (including phenoxy) is 1. The maximum absolute atomic E-state index is 12.6. The summed E-state index contributed by atoms with van der Waals surface area (Å²) in [6.07, 6.45) is 3.29. The molecule has 0 radical (unpaired) electrons. The molecular formula is C23H22ClN5O2. The van der Waals surface area contributed by atoms with Gasteiger partial charge in [-0.15, -0.1) is 0 Å². The van der Waals surface area contributed by atoms with Crippen molar-refractivity contribution in [3.63, 3.8) is 0 Å². The van der Waals surface area contributed by atoms with Crippen LogP contribution < -0.4 is 10.1 Å². The number of anilines is 1. The Kier molecular flexibility index (Phi) is 6.04. The van der Waals surface area contributed by atoms with Crippen LogP contribution in [-0.2, 0) is 13.3 Å². The second-order valence-electron chi connectivity index (χ2n) is 7.24. The van der Waals surface area contributed by atoms with Crippen molar-refractivity contribution in [3.05, 3.63) is 94.5 Å². The van der Waals surface area contributed by atoms with Crippen molar-refractivity contribution in [1.29, 1.82) is 0 Å². The second kappa shape index (κ2) is 9.06. The first kappa shape index (κ1) is 20.7. The summed E-state index contributed by atoms with van der Waals surface area (Å²) >= 11 is 5.95. The lowest BCUT2D eigenvalue weighted by molar-refractivity contribution is 0.102. The molecule has 2 heterocycles. The zero-order valence-corrected chi connectivity index (χ0v) is 18.0. The molecule has 7 nitrogen and oxygen atoms in total. The molecule has 0 spiro atoms. The smallest absolute Gasteiger partial charge is 0.255 e. The minimum absolute atomic E-state index is 0.201. The monoisotopic (exact) mass is 435 g/mol. The summed E-state index contributed by atoms with van der Waals surface area (Å²) in [7, 11) is 0. The first-order valence-corrected chi connectivity index (χ1v) is 10.2. The average molecular weight is 436 g/mol. The van der Waals surface area contributed by atoms with Crippen molar-refractivity contribution < 1.29 is 9.53 Å². The number of carbonyl (C=O) groups is 1. The van der Waals surface area contributed by atoms with E-state index in [1.165, 1.54) is 0 Å². The third-order valence-electron chi connectivity index (χ3n) is 4.70. The van der Waals surface area contributed by atoms with E-state index in [1.807, 2.05) is 61.0 Å². The number of carbonyl (C=O) groups excluding carboxylic acids is 1. The number of halogens is 1. The van der Waals surface area contributed by atoms with E-state index in [1.54, 1.807) is 29.2 Å². The molecule has 2 aromatic heterocycles. The molecule has 8 heteroatoms. The number of aryl methyl sites for hydroxylation is 2. The Morgan fingerprint density at radius 3 is 2.65 bits per heavy atom. The van der Waals surface area contributed by atoms with E-state index in [9.17, 15) is 4.79 Å². The molecule has 2 aromatic carbocycles. The highest BCUT2D eigenvalue weighted by Crippen LogP contribution is 2.18. The minimum Gasteiger partial charge on any atom is -0.471 e. The van der Waals surface area contributed by atoms with E-state index in [2.05, 4.69) is 15.5 Å². The third-order valence-corrected chi connectivity index (χ3v) is 4.94. The lowest BCUT2D eigenvalue weighted by atomic mass is 10.1. The Labute approximate surface area is 185 Å². The van der Waals surface area contributed by atoms with Crippen LogP contribution in [-0.4, -0.2) is 25.5 Å². The quantitative estimate of drug-likeness (QED) is 0.457. The van der Waals surface area contributed by atoms with Crippen molar-refractivity contribution in [2.75, 3.05) is 5.32 Å². The third kappa shape index (κ3) is 5.32. The maximum atomic E-state index is 12.6. The van der Waals surface area contributed by atoms with E-state index < -0.39 is 0 Å². The topological polar surface area (TPSA) is 74.0 Å². The van der Waals surface area contributed by atoms with Crippen LogP contribution in [0.5, 0.6) is 5.75 Å². The number of hydrogen-bond acceptors (Lipinski definition) is 4. The van der Waals surface area contributed by atoms with Gasteiger partial charge in [0.2, 0.25) is 0 Å². The summed E-state index contributed by atoms with van der Waals surface area (Å²) < 4.78 is 9.18. The fraction of sp³-hybridized carbons (Fsp3) is 0.174. The summed E-state index contributed by atoms with van der Waals surface area (Å²) in [5.41, 5.74) is 4.34. The predicted molar refractivity (Wildman–Crippen MR) is 120 cm³/mol. The molecule has 1 amide bonds. The Morgan fingerprint density at radius 2 is 1.94 bits per heavy atom. The molecule has 0 aliphatic carbocycles. The lowest BCUT2D eigenvalue weighted by Crippen LogP contribution is -2.12. The highest BCUT2D eigenvalue weighted by Gasteiger charge is 2.09. The van der Waals surface area contributed by atoms with Gasteiger partial charge in [-0.25, -0.2) is 4.68 Å². The molecule has 0 bridgehead atoms. The lowest BCUT2D eigenvalue weighted by Gasteiger charge is -2.07. The van der Waals surface area contributed by atoms with Gasteiger partial charge in [-0.05, 0) is 55.8 Å². The van der Waals surface area contributed by atoms with Gasteiger partial charge >= 0.3 is 0 Å². The number of benzene rings is 2. The maximum Gasteiger partial charge on any atom is 0.255 e. The minimum atomic E-state index is -0.201. The second-order valence-corrected chi connectivity index (χ2v) is 7.67. The zero-order chi connectivity index (χ0) is 21.8. The number of amides is 1. The van der Waals surface area contributed by atoms with Gasteiger partial charge < -0.3 is 10.1 Å². The molecule has 0 fully saturated rings. The summed E-state index contributed by atoms with van der Waals surface area (Å²) in [4.78, 5) is 12.6. The molecule has 4 aromatic rings. The molecule has 0 aliphatic heterocycles. The van der Waals surface area contributed by atoms with Crippen molar-refractivity contribution in [2.24, 2.45) is 0 Å². The Morgan fingerprint density at radius 1 is 1.13 bits per heavy atom. The Bertz CT molecular complexity index is 1200. The van der Waals surface area contributed by atoms with Crippen molar-refractivity contribution in [3.8, 4) is 5.75 Å². The number of aromatic nitrogens is 4. The van der Waals surface area contributed by atoms with Gasteiger partial charge in [-0.1, -0.05) is 29.8 Å². The van der Waals surface area contributed by atoms with Crippen LogP contribution in [0.1, 0.15) is 27.3 Å². The number of nitrogens with one attached hydrogen (secondary N) is 1. The van der Waals surface area contributed by atoms with Crippen LogP contribution in [0.15, 0.2) is 67.0 Å². The van der Waals surface area contributed by atoms with Crippen LogP contribution in [0.2, 0.25) is 5.02 Å². The predicted octanol–water partition coefficient (Wildman–Crippen LogP) is 4.69. The summed E-state index contributed by atoms with van der Waals surface area (Å²) in [6, 6.07) is 16.7. The molecular weight excluding hydrogens is 414 g/mol. The van der Waals surface area contributed by atoms with Gasteiger partial charge in [-0.3, -0.25) is 9.48 Å². The van der Waals surface area contributed by atoms with Crippen molar-refractivity contribution in [1.82, 2.24) is 19.6 Å². The molecule has 0 saturated heterocycles. The molecule has 0 saturated carbocycles. The van der Waals surface area contributed by atoms with Crippen molar-refractivity contribution in [2.45, 2.75) is 27.1 Å². The van der Waals surface area contributed by atoms with E-state index in [0.717, 1.165) is 17.0 Å². The standard InChI is InChI=1S/C23H22ClN5O2/c1-16-10-17(2)29(27-16)13-18-6-8-19(9-7-18)23(30)26-21-12-25-28(14-21)15-31-22-5-3-4-20(24)11-22/h3-12,14H,13,15H2,1-2H3,(H,26,30). The van der Waals surface area contributed by atoms with Crippen LogP contribution in [0, 0.1) is 13.8 Å². The van der Waals surface area contributed by atoms with Crippen molar-refractivity contribution >= 4 is 23.2 Å². The highest BCUT2D eigenvalue weighted by atomic mass is 35.5. The van der Waals surface area contributed by atoms with Gasteiger partial charge in [0.05, 0.1) is 30.3 Å². The van der Waals surface area contributed by atoms with E-state index in [-0.39, 0.29) is 12.6 Å². The molecule has 4 rings (SSSR count). The molecule has 0 atom stereocenters. The van der Waals surface area contributed by atoms with Gasteiger partial charge in [0.15, 0.2) is 6.73 Å². The molecule has 0 aliphatic rings. The normalized spacial score (nSPS) is 10.8. The average Bonchev–Trinajstić information content (AvgIpc) is 3.32. The Hall–Kier alpha value is -3.58. The zero-order valence-electron chi connectivity index (χ0n) is 17.2. The van der Waals surface area contributed by atoms with Gasteiger partial charge in [0.1, 0.15) is 5.75 Å². The molecule has 0 unspecified atom stereocenters. The van der Waals surface area contributed by atoms with E-state index in [4.69, 9.17) is 16.3 Å². The fourth-order valence-electron chi connectivity index (χ4n) is 3.17. The summed E-state index contributed by atoms with van der Waals surface area (Å²) in [6.45, 7) is 4.88. The first-order chi connectivity index (χ1) is 15.0. The van der Waals surface area contributed by atoms with Crippen LogP contribution in [0.25, 0.3) is 0 Å². The van der Waals surface area contributed by atoms with Gasteiger partial charge in [-0.2, -0.15) is 10.2 Å². The van der Waals surface area contributed by atoms with Crippen LogP contribution in [0.3, 0.4) is 0 Å². The number of hydrogen-bond donors (Lipinski definition) is 1. The van der Waals surface area contributed by atoms with E-state index >= 15 is 0 Å². The molecule has 158 valence electrons. The van der Waals surface area contributed by atoms with E-state index in [0.29, 0.717) is 28.6 Å². The van der Waals surface area contributed by atoms with Gasteiger partial charge in [0, 0.05) is 16.3 Å². The first-order valence-electron chi connectivity index (χ1n) is 9.78. The number of nitrogens with zero attached hydrogens (tertiary/aromatic N) is 4. The number of rotatable bonds is 7. The van der Waals surface area contributed by atoms with Gasteiger partial charge in [0.25, 0.3) is 5.91 Å². The van der Waals surface area contributed by atoms with Crippen LogP contribution in [0.4, 0.5) is 5.69 Å². The van der Waals surface area contributed by atoms with Crippen LogP contribution >= 0.6 is 11.6 Å². The summed E-state index contributed by atoms with van der Waals surface area (Å²) in [5.74, 6) is 0.446. The SMILES string of the molecule is Cc1cc(C)n(Cc2ccc(C(=O)Nc3cnn(COc4cccc(Cl)c4)c3)cc2)n1. The largest absolute Gasteiger partial charge is 0.471 e.